The molecular formula is C15H12FN3O3. The molecule has 0 radical (unpaired) electrons. The van der Waals surface area contributed by atoms with E-state index in [1.165, 1.54) is 31.8 Å². The van der Waals surface area contributed by atoms with E-state index in [2.05, 4.69) is 9.97 Å². The van der Waals surface area contributed by atoms with Crippen LogP contribution in [-0.2, 0) is 0 Å². The molecule has 3 aromatic rings. The molecule has 22 heavy (non-hydrogen) atoms. The fourth-order valence-electron chi connectivity index (χ4n) is 1.98. The molecule has 0 aliphatic heterocycles. The normalized spacial score (nSPS) is 10.7. The molecule has 7 heteroatoms. The van der Waals surface area contributed by atoms with Gasteiger partial charge in [0.05, 0.1) is 18.0 Å². The van der Waals surface area contributed by atoms with Crippen LogP contribution in [-0.4, -0.2) is 17.1 Å². The molecular weight excluding hydrogens is 289 g/mol. The Morgan fingerprint density at radius 2 is 2.05 bits per heavy atom. The zero-order valence-electron chi connectivity index (χ0n) is 11.9. The summed E-state index contributed by atoms with van der Waals surface area (Å²) in [7, 11) is 1.37. The number of ether oxygens (including phenoxy) is 2. The van der Waals surface area contributed by atoms with Gasteiger partial charge in [-0.25, -0.2) is 14.4 Å². The van der Waals surface area contributed by atoms with Gasteiger partial charge in [-0.1, -0.05) is 0 Å². The molecule has 0 bridgehead atoms. The summed E-state index contributed by atoms with van der Waals surface area (Å²) in [6, 6.07) is 5.98. The topological polar surface area (TPSA) is 71.2 Å². The van der Waals surface area contributed by atoms with Gasteiger partial charge in [0.25, 0.3) is 0 Å². The molecule has 0 saturated heterocycles. The molecule has 0 aliphatic rings. The van der Waals surface area contributed by atoms with Gasteiger partial charge in [0.15, 0.2) is 23.0 Å². The minimum atomic E-state index is -0.521. The van der Waals surface area contributed by atoms with Crippen molar-refractivity contribution in [2.24, 2.45) is 0 Å². The molecule has 0 amide bonds. The van der Waals surface area contributed by atoms with Gasteiger partial charge in [0.2, 0.25) is 12.1 Å². The van der Waals surface area contributed by atoms with Crippen LogP contribution in [0.25, 0.3) is 10.9 Å². The summed E-state index contributed by atoms with van der Waals surface area (Å²) in [5.41, 5.74) is 0.925. The predicted molar refractivity (Wildman–Crippen MR) is 76.3 cm³/mol. The predicted octanol–water partition coefficient (Wildman–Crippen LogP) is 2.51. The first-order valence-corrected chi connectivity index (χ1v) is 6.44. The molecule has 0 fully saturated rings. The van der Waals surface area contributed by atoms with Gasteiger partial charge >= 0.3 is 0 Å². The number of nitrogens with zero attached hydrogens (tertiary/aromatic N) is 3. The number of pyridine rings is 1. The second-order valence-electron chi connectivity index (χ2n) is 4.62. The summed E-state index contributed by atoms with van der Waals surface area (Å²) in [4.78, 5) is 8.03. The fraction of sp³-hybridized carbons (Fsp3) is 0.133. The van der Waals surface area contributed by atoms with Crippen molar-refractivity contribution in [2.75, 3.05) is 7.11 Å². The Labute approximate surface area is 125 Å². The number of fused-ring (bicyclic) bond motifs is 1. The van der Waals surface area contributed by atoms with Crippen LogP contribution >= 0.6 is 0 Å². The highest BCUT2D eigenvalue weighted by atomic mass is 19.1. The molecule has 112 valence electrons. The first-order valence-electron chi connectivity index (χ1n) is 6.44. The lowest BCUT2D eigenvalue weighted by atomic mass is 10.2. The summed E-state index contributed by atoms with van der Waals surface area (Å²) < 4.78 is 25.0. The Hall–Kier alpha value is -2.96. The van der Waals surface area contributed by atoms with E-state index in [1.54, 1.807) is 19.1 Å². The van der Waals surface area contributed by atoms with Crippen LogP contribution in [0.1, 0.15) is 5.69 Å². The van der Waals surface area contributed by atoms with Gasteiger partial charge in [-0.2, -0.15) is 4.73 Å². The zero-order valence-corrected chi connectivity index (χ0v) is 11.9. The van der Waals surface area contributed by atoms with Crippen molar-refractivity contribution in [1.82, 2.24) is 9.97 Å². The van der Waals surface area contributed by atoms with Crippen molar-refractivity contribution >= 4 is 10.9 Å². The lowest BCUT2D eigenvalue weighted by Crippen LogP contribution is -2.28. The number of aromatic nitrogens is 3. The van der Waals surface area contributed by atoms with Crippen molar-refractivity contribution in [2.45, 2.75) is 6.92 Å². The van der Waals surface area contributed by atoms with E-state index >= 15 is 0 Å². The molecule has 0 spiro atoms. The molecule has 0 unspecified atom stereocenters. The number of aryl methyl sites for hydroxylation is 1. The van der Waals surface area contributed by atoms with Gasteiger partial charge in [0.1, 0.15) is 6.33 Å². The van der Waals surface area contributed by atoms with E-state index in [-0.39, 0.29) is 11.6 Å². The average Bonchev–Trinajstić information content (AvgIpc) is 2.50. The zero-order chi connectivity index (χ0) is 15.7. The van der Waals surface area contributed by atoms with Gasteiger partial charge in [-0.05, 0) is 12.1 Å². The number of methoxy groups -OCH3 is 1. The first-order chi connectivity index (χ1) is 10.6. The number of benzene rings is 1. The molecule has 0 saturated carbocycles. The Bertz CT molecular complexity index is 855. The fourth-order valence-corrected chi connectivity index (χ4v) is 1.98. The Morgan fingerprint density at radius 1 is 1.23 bits per heavy atom. The first kappa shape index (κ1) is 14.0. The van der Waals surface area contributed by atoms with E-state index in [0.29, 0.717) is 27.1 Å². The molecule has 0 N–H and O–H groups in total. The van der Waals surface area contributed by atoms with Crippen molar-refractivity contribution < 1.29 is 18.6 Å². The summed E-state index contributed by atoms with van der Waals surface area (Å²) in [5, 5.41) is 12.1. The molecule has 0 atom stereocenters. The van der Waals surface area contributed by atoms with Gasteiger partial charge < -0.3 is 14.7 Å². The van der Waals surface area contributed by atoms with E-state index in [0.717, 1.165) is 0 Å². The maximum absolute atomic E-state index is 13.7. The van der Waals surface area contributed by atoms with Crippen molar-refractivity contribution in [3.8, 4) is 17.4 Å². The van der Waals surface area contributed by atoms with Crippen LogP contribution in [0.4, 0.5) is 4.39 Å². The smallest absolute Gasteiger partial charge is 0.230 e. The van der Waals surface area contributed by atoms with Crippen molar-refractivity contribution in [1.29, 1.82) is 0 Å². The third-order valence-corrected chi connectivity index (χ3v) is 3.17. The maximum atomic E-state index is 13.7. The number of hydrogen-bond donors (Lipinski definition) is 0. The SMILES string of the molecule is COc1cc2c(Oc3ccc(C)[n+]([O-])c3)ncnc2cc1F. The third kappa shape index (κ3) is 2.48. The van der Waals surface area contributed by atoms with Crippen LogP contribution in [0.15, 0.2) is 36.8 Å². The van der Waals surface area contributed by atoms with E-state index in [9.17, 15) is 9.60 Å². The lowest BCUT2D eigenvalue weighted by molar-refractivity contribution is -0.612. The minimum Gasteiger partial charge on any atom is -0.618 e. The highest BCUT2D eigenvalue weighted by molar-refractivity contribution is 5.85. The van der Waals surface area contributed by atoms with Gasteiger partial charge in [-0.15, -0.1) is 0 Å². The highest BCUT2D eigenvalue weighted by Gasteiger charge is 2.13. The Balaban J connectivity index is 2.08. The summed E-state index contributed by atoms with van der Waals surface area (Å²) in [6.45, 7) is 1.69. The largest absolute Gasteiger partial charge is 0.618 e. The van der Waals surface area contributed by atoms with E-state index in [1.807, 2.05) is 0 Å². The van der Waals surface area contributed by atoms with Gasteiger partial charge in [0, 0.05) is 19.1 Å². The number of rotatable bonds is 3. The lowest BCUT2D eigenvalue weighted by Gasteiger charge is -2.09. The number of hydrogen-bond acceptors (Lipinski definition) is 5. The van der Waals surface area contributed by atoms with Crippen LogP contribution in [0.3, 0.4) is 0 Å². The summed E-state index contributed by atoms with van der Waals surface area (Å²) in [6.07, 6.45) is 2.56. The van der Waals surface area contributed by atoms with E-state index in [4.69, 9.17) is 9.47 Å². The second-order valence-corrected chi connectivity index (χ2v) is 4.62. The Kier molecular flexibility index (Phi) is 3.46. The average molecular weight is 301 g/mol. The summed E-state index contributed by atoms with van der Waals surface area (Å²) in [5.74, 6) is 0.0818. The summed E-state index contributed by atoms with van der Waals surface area (Å²) >= 11 is 0. The van der Waals surface area contributed by atoms with Crippen LogP contribution in [0.2, 0.25) is 0 Å². The molecule has 2 aromatic heterocycles. The minimum absolute atomic E-state index is 0.0648. The van der Waals surface area contributed by atoms with Crippen LogP contribution in [0, 0.1) is 17.9 Å². The van der Waals surface area contributed by atoms with Gasteiger partial charge in [-0.3, -0.25) is 0 Å². The Morgan fingerprint density at radius 3 is 2.77 bits per heavy atom. The molecule has 1 aromatic carbocycles. The van der Waals surface area contributed by atoms with Crippen LogP contribution in [0.5, 0.6) is 17.4 Å². The third-order valence-electron chi connectivity index (χ3n) is 3.17. The van der Waals surface area contributed by atoms with Crippen molar-refractivity contribution in [3.63, 3.8) is 0 Å². The molecule has 0 aliphatic carbocycles. The van der Waals surface area contributed by atoms with E-state index < -0.39 is 5.82 Å². The number of halogens is 1. The maximum Gasteiger partial charge on any atom is 0.230 e. The van der Waals surface area contributed by atoms with Crippen molar-refractivity contribution in [3.05, 3.63) is 53.5 Å². The van der Waals surface area contributed by atoms with Crippen LogP contribution < -0.4 is 14.2 Å². The molecule has 2 heterocycles. The highest BCUT2D eigenvalue weighted by Crippen LogP contribution is 2.30. The molecule has 3 rings (SSSR count). The quantitative estimate of drug-likeness (QED) is 0.549. The second kappa shape index (κ2) is 5.44. The monoisotopic (exact) mass is 301 g/mol. The standard InChI is InChI=1S/C15H12FN3O3/c1-9-3-4-10(7-19(9)20)22-15-11-5-14(21-2)12(16)6-13(11)17-8-18-15/h3-8H,1-2H3. The molecule has 6 nitrogen and oxygen atoms in total.